The lowest BCUT2D eigenvalue weighted by atomic mass is 10.00. The van der Waals surface area contributed by atoms with Crippen molar-refractivity contribution in [2.75, 3.05) is 13.7 Å². The van der Waals surface area contributed by atoms with Gasteiger partial charge in [-0.05, 0) is 31.0 Å². The number of methoxy groups -OCH3 is 1. The number of likely N-dealkylation sites (tertiary alicyclic amines) is 1. The van der Waals surface area contributed by atoms with Crippen LogP contribution in [0, 0.1) is 0 Å². The molecule has 0 aromatic heterocycles. The number of alkyl halides is 3. The standard InChI is InChI=1S/C15H18F3NO2/c1-3-14(20)19-8-4-5-12(19)11-9-10(15(16,17)18)6-7-13(11)21-2/h6-7,9,12H,3-5,8H2,1-2H3. The first-order chi connectivity index (χ1) is 9.88. The highest BCUT2D eigenvalue weighted by molar-refractivity contribution is 5.76. The average Bonchev–Trinajstić information content (AvgIpc) is 2.94. The van der Waals surface area contributed by atoms with Gasteiger partial charge in [0.2, 0.25) is 5.91 Å². The minimum atomic E-state index is -4.40. The SMILES string of the molecule is CCC(=O)N1CCCC1c1cc(C(F)(F)F)ccc1OC. The second-order valence-corrected chi connectivity index (χ2v) is 5.05. The van der Waals surface area contributed by atoms with Gasteiger partial charge in [-0.15, -0.1) is 0 Å². The van der Waals surface area contributed by atoms with E-state index >= 15 is 0 Å². The van der Waals surface area contributed by atoms with Crippen LogP contribution in [0.25, 0.3) is 0 Å². The molecule has 6 heteroatoms. The number of nitrogens with zero attached hydrogens (tertiary/aromatic N) is 1. The summed E-state index contributed by atoms with van der Waals surface area (Å²) in [4.78, 5) is 13.6. The summed E-state index contributed by atoms with van der Waals surface area (Å²) >= 11 is 0. The smallest absolute Gasteiger partial charge is 0.416 e. The van der Waals surface area contributed by atoms with Crippen LogP contribution in [0.4, 0.5) is 13.2 Å². The summed E-state index contributed by atoms with van der Waals surface area (Å²) in [7, 11) is 1.42. The molecule has 2 rings (SSSR count). The molecule has 0 spiro atoms. The Morgan fingerprint density at radius 2 is 2.14 bits per heavy atom. The van der Waals surface area contributed by atoms with E-state index in [1.807, 2.05) is 0 Å². The molecule has 0 radical (unpaired) electrons. The molecule has 1 aromatic carbocycles. The summed E-state index contributed by atoms with van der Waals surface area (Å²) in [5.41, 5.74) is -0.277. The summed E-state index contributed by atoms with van der Waals surface area (Å²) in [5, 5.41) is 0. The summed E-state index contributed by atoms with van der Waals surface area (Å²) < 4.78 is 43.9. The van der Waals surface area contributed by atoms with Gasteiger partial charge in [-0.1, -0.05) is 6.92 Å². The molecule has 1 aliphatic rings. The molecule has 0 aliphatic carbocycles. The van der Waals surface area contributed by atoms with Gasteiger partial charge in [0.1, 0.15) is 5.75 Å². The van der Waals surface area contributed by atoms with Crippen molar-refractivity contribution >= 4 is 5.91 Å². The minimum Gasteiger partial charge on any atom is -0.496 e. The zero-order valence-electron chi connectivity index (χ0n) is 12.0. The van der Waals surface area contributed by atoms with Gasteiger partial charge in [0, 0.05) is 18.5 Å². The topological polar surface area (TPSA) is 29.5 Å². The van der Waals surface area contributed by atoms with Crippen molar-refractivity contribution in [1.29, 1.82) is 0 Å². The van der Waals surface area contributed by atoms with Gasteiger partial charge in [0.15, 0.2) is 0 Å². The van der Waals surface area contributed by atoms with Crippen molar-refractivity contribution in [1.82, 2.24) is 4.90 Å². The molecule has 0 bridgehead atoms. The van der Waals surface area contributed by atoms with E-state index in [4.69, 9.17) is 4.74 Å². The van der Waals surface area contributed by atoms with Gasteiger partial charge in [0.05, 0.1) is 18.7 Å². The second-order valence-electron chi connectivity index (χ2n) is 5.05. The molecule has 1 heterocycles. The van der Waals surface area contributed by atoms with E-state index in [1.54, 1.807) is 11.8 Å². The highest BCUT2D eigenvalue weighted by Crippen LogP contribution is 2.40. The van der Waals surface area contributed by atoms with Crippen molar-refractivity contribution in [3.8, 4) is 5.75 Å². The number of hydrogen-bond acceptors (Lipinski definition) is 2. The number of amides is 1. The van der Waals surface area contributed by atoms with Gasteiger partial charge in [-0.2, -0.15) is 13.2 Å². The Bertz CT molecular complexity index is 528. The largest absolute Gasteiger partial charge is 0.496 e. The van der Waals surface area contributed by atoms with E-state index in [1.165, 1.54) is 13.2 Å². The van der Waals surface area contributed by atoms with Gasteiger partial charge in [-0.25, -0.2) is 0 Å². The monoisotopic (exact) mass is 301 g/mol. The van der Waals surface area contributed by atoms with Crippen molar-refractivity contribution in [3.05, 3.63) is 29.3 Å². The van der Waals surface area contributed by atoms with Crippen LogP contribution >= 0.6 is 0 Å². The lowest BCUT2D eigenvalue weighted by Crippen LogP contribution is -2.30. The Labute approximate surface area is 121 Å². The van der Waals surface area contributed by atoms with E-state index < -0.39 is 11.7 Å². The molecule has 1 fully saturated rings. The normalized spacial score (nSPS) is 18.9. The zero-order chi connectivity index (χ0) is 15.6. The predicted molar refractivity (Wildman–Crippen MR) is 72.0 cm³/mol. The number of rotatable bonds is 3. The maximum atomic E-state index is 12.9. The van der Waals surface area contributed by atoms with Crippen LogP contribution in [0.5, 0.6) is 5.75 Å². The lowest BCUT2D eigenvalue weighted by molar-refractivity contribution is -0.137. The highest BCUT2D eigenvalue weighted by atomic mass is 19.4. The Balaban J connectivity index is 2.43. The Morgan fingerprint density at radius 1 is 1.43 bits per heavy atom. The fraction of sp³-hybridized carbons (Fsp3) is 0.533. The van der Waals surface area contributed by atoms with Crippen LogP contribution in [-0.4, -0.2) is 24.5 Å². The number of carbonyl (C=O) groups excluding carboxylic acids is 1. The zero-order valence-corrected chi connectivity index (χ0v) is 12.0. The van der Waals surface area contributed by atoms with Crippen LogP contribution in [0.2, 0.25) is 0 Å². The average molecular weight is 301 g/mol. The molecule has 116 valence electrons. The molecular formula is C15H18F3NO2. The van der Waals surface area contributed by atoms with Gasteiger partial charge in [0.25, 0.3) is 0 Å². The molecule has 1 atom stereocenters. The fourth-order valence-electron chi connectivity index (χ4n) is 2.76. The van der Waals surface area contributed by atoms with E-state index in [2.05, 4.69) is 0 Å². The van der Waals surface area contributed by atoms with Gasteiger partial charge >= 0.3 is 6.18 Å². The maximum absolute atomic E-state index is 12.9. The first-order valence-corrected chi connectivity index (χ1v) is 6.93. The fourth-order valence-corrected chi connectivity index (χ4v) is 2.76. The van der Waals surface area contributed by atoms with Crippen molar-refractivity contribution < 1.29 is 22.7 Å². The molecule has 1 aromatic rings. The van der Waals surface area contributed by atoms with Crippen molar-refractivity contribution in [2.24, 2.45) is 0 Å². The van der Waals surface area contributed by atoms with Crippen LogP contribution < -0.4 is 4.74 Å². The molecular weight excluding hydrogens is 283 g/mol. The summed E-state index contributed by atoms with van der Waals surface area (Å²) in [6.07, 6.45) is -2.61. The van der Waals surface area contributed by atoms with Crippen molar-refractivity contribution in [2.45, 2.75) is 38.4 Å². The molecule has 1 saturated heterocycles. The van der Waals surface area contributed by atoms with E-state index in [9.17, 15) is 18.0 Å². The van der Waals surface area contributed by atoms with Crippen LogP contribution in [0.3, 0.4) is 0 Å². The van der Waals surface area contributed by atoms with Crippen LogP contribution in [0.15, 0.2) is 18.2 Å². The Morgan fingerprint density at radius 3 is 2.71 bits per heavy atom. The first-order valence-electron chi connectivity index (χ1n) is 6.93. The van der Waals surface area contributed by atoms with Crippen molar-refractivity contribution in [3.63, 3.8) is 0 Å². The number of carbonyl (C=O) groups is 1. The molecule has 0 N–H and O–H groups in total. The third-order valence-corrected chi connectivity index (χ3v) is 3.79. The second kappa shape index (κ2) is 5.95. The van der Waals surface area contributed by atoms with Crippen LogP contribution in [0.1, 0.15) is 43.4 Å². The molecule has 3 nitrogen and oxygen atoms in total. The number of ether oxygens (including phenoxy) is 1. The third-order valence-electron chi connectivity index (χ3n) is 3.79. The van der Waals surface area contributed by atoms with E-state index in [-0.39, 0.29) is 11.9 Å². The number of benzene rings is 1. The molecule has 1 unspecified atom stereocenters. The van der Waals surface area contributed by atoms with E-state index in [0.29, 0.717) is 30.7 Å². The number of halogens is 3. The number of hydrogen-bond donors (Lipinski definition) is 0. The molecule has 1 aliphatic heterocycles. The minimum absolute atomic E-state index is 0.0445. The summed E-state index contributed by atoms with van der Waals surface area (Å²) in [6, 6.07) is 3.09. The predicted octanol–water partition coefficient (Wildman–Crippen LogP) is 3.79. The third kappa shape index (κ3) is 3.14. The molecule has 1 amide bonds. The van der Waals surface area contributed by atoms with Gasteiger partial charge in [-0.3, -0.25) is 4.79 Å². The van der Waals surface area contributed by atoms with Crippen LogP contribution in [-0.2, 0) is 11.0 Å². The van der Waals surface area contributed by atoms with E-state index in [0.717, 1.165) is 18.6 Å². The molecule has 21 heavy (non-hydrogen) atoms. The Kier molecular flexibility index (Phi) is 4.44. The first kappa shape index (κ1) is 15.7. The lowest BCUT2D eigenvalue weighted by Gasteiger charge is -2.26. The quantitative estimate of drug-likeness (QED) is 0.850. The molecule has 0 saturated carbocycles. The highest BCUT2D eigenvalue weighted by Gasteiger charge is 2.35. The summed E-state index contributed by atoms with van der Waals surface area (Å²) in [5.74, 6) is 0.348. The Hall–Kier alpha value is -1.72. The van der Waals surface area contributed by atoms with Gasteiger partial charge < -0.3 is 9.64 Å². The summed E-state index contributed by atoms with van der Waals surface area (Å²) in [6.45, 7) is 2.33. The maximum Gasteiger partial charge on any atom is 0.416 e.